The van der Waals surface area contributed by atoms with E-state index < -0.39 is 0 Å². The van der Waals surface area contributed by atoms with Crippen LogP contribution in [-0.2, 0) is 6.42 Å². The molecule has 0 atom stereocenters. The number of hydrogen-bond acceptors (Lipinski definition) is 5. The van der Waals surface area contributed by atoms with Crippen LogP contribution < -0.4 is 10.2 Å². The summed E-state index contributed by atoms with van der Waals surface area (Å²) in [4.78, 5) is 11.3. The van der Waals surface area contributed by atoms with E-state index in [1.54, 1.807) is 0 Å². The van der Waals surface area contributed by atoms with Crippen molar-refractivity contribution < 1.29 is 5.11 Å². The summed E-state index contributed by atoms with van der Waals surface area (Å²) in [7, 11) is 0. The van der Waals surface area contributed by atoms with E-state index >= 15 is 0 Å². The predicted octanol–water partition coefficient (Wildman–Crippen LogP) is 2.89. The number of benzene rings is 1. The van der Waals surface area contributed by atoms with E-state index in [-0.39, 0.29) is 6.10 Å². The lowest BCUT2D eigenvalue weighted by molar-refractivity contribution is 0.126. The van der Waals surface area contributed by atoms with Gasteiger partial charge in [0.1, 0.15) is 5.82 Å². The van der Waals surface area contributed by atoms with Crippen LogP contribution in [0.2, 0.25) is 0 Å². The third-order valence-electron chi connectivity index (χ3n) is 4.83. The second kappa shape index (κ2) is 6.16. The summed E-state index contributed by atoms with van der Waals surface area (Å²) < 4.78 is 0. The molecule has 2 heterocycles. The highest BCUT2D eigenvalue weighted by Crippen LogP contribution is 2.33. The largest absolute Gasteiger partial charge is 0.393 e. The zero-order chi connectivity index (χ0) is 15.6. The highest BCUT2D eigenvalue weighted by molar-refractivity contribution is 5.67. The van der Waals surface area contributed by atoms with Gasteiger partial charge in [0.05, 0.1) is 6.10 Å². The maximum Gasteiger partial charge on any atom is 0.224 e. The van der Waals surface area contributed by atoms with E-state index in [1.165, 1.54) is 11.3 Å². The van der Waals surface area contributed by atoms with E-state index in [2.05, 4.69) is 39.5 Å². The van der Waals surface area contributed by atoms with Gasteiger partial charge in [0.2, 0.25) is 5.95 Å². The Morgan fingerprint density at radius 1 is 1.09 bits per heavy atom. The van der Waals surface area contributed by atoms with Crippen molar-refractivity contribution in [2.75, 3.05) is 16.8 Å². The van der Waals surface area contributed by atoms with Gasteiger partial charge in [-0.2, -0.15) is 4.98 Å². The first-order valence-electron chi connectivity index (χ1n) is 8.43. The lowest BCUT2D eigenvalue weighted by Crippen LogP contribution is -2.29. The molecule has 1 aliphatic carbocycles. The van der Waals surface area contributed by atoms with Gasteiger partial charge in [-0.3, -0.25) is 0 Å². The van der Waals surface area contributed by atoms with Crippen molar-refractivity contribution in [1.29, 1.82) is 0 Å². The van der Waals surface area contributed by atoms with Crippen molar-refractivity contribution in [3.05, 3.63) is 42.1 Å². The van der Waals surface area contributed by atoms with Crippen molar-refractivity contribution in [2.24, 2.45) is 0 Å². The average molecular weight is 310 g/mol. The molecule has 2 N–H and O–H groups in total. The number of rotatable bonds is 3. The molecule has 1 aromatic carbocycles. The summed E-state index contributed by atoms with van der Waals surface area (Å²) >= 11 is 0. The quantitative estimate of drug-likeness (QED) is 0.913. The molecule has 1 saturated carbocycles. The Labute approximate surface area is 136 Å². The van der Waals surface area contributed by atoms with Gasteiger partial charge in [-0.1, -0.05) is 18.2 Å². The third kappa shape index (κ3) is 3.01. The summed E-state index contributed by atoms with van der Waals surface area (Å²) in [5.41, 5.74) is 2.62. The van der Waals surface area contributed by atoms with Gasteiger partial charge in [-0.25, -0.2) is 4.98 Å². The van der Waals surface area contributed by atoms with Gasteiger partial charge in [0.25, 0.3) is 0 Å². The van der Waals surface area contributed by atoms with E-state index in [0.29, 0.717) is 12.0 Å². The summed E-state index contributed by atoms with van der Waals surface area (Å²) in [5, 5.41) is 13.0. The van der Waals surface area contributed by atoms with Gasteiger partial charge >= 0.3 is 0 Å². The van der Waals surface area contributed by atoms with E-state index in [1.807, 2.05) is 12.3 Å². The number of nitrogens with zero attached hydrogens (tertiary/aromatic N) is 3. The topological polar surface area (TPSA) is 61.3 Å². The van der Waals surface area contributed by atoms with Crippen molar-refractivity contribution in [1.82, 2.24) is 9.97 Å². The van der Waals surface area contributed by atoms with Crippen LogP contribution in [0.3, 0.4) is 0 Å². The number of anilines is 3. The van der Waals surface area contributed by atoms with E-state index in [0.717, 1.165) is 44.5 Å². The summed E-state index contributed by atoms with van der Waals surface area (Å²) in [6.07, 6.45) is 6.41. The molecule has 5 heteroatoms. The smallest absolute Gasteiger partial charge is 0.224 e. The Kier molecular flexibility index (Phi) is 3.87. The highest BCUT2D eigenvalue weighted by atomic mass is 16.3. The Hall–Kier alpha value is -2.14. The third-order valence-corrected chi connectivity index (χ3v) is 4.83. The molecule has 1 fully saturated rings. The number of aliphatic hydroxyl groups is 1. The molecule has 0 amide bonds. The Morgan fingerprint density at radius 3 is 2.78 bits per heavy atom. The summed E-state index contributed by atoms with van der Waals surface area (Å²) in [5.74, 6) is 1.64. The van der Waals surface area contributed by atoms with Gasteiger partial charge in [-0.15, -0.1) is 0 Å². The number of fused-ring (bicyclic) bond motifs is 1. The maximum atomic E-state index is 9.61. The molecule has 5 nitrogen and oxygen atoms in total. The van der Waals surface area contributed by atoms with Crippen LogP contribution in [0.5, 0.6) is 0 Å². The SMILES string of the molecule is O[C@H]1CC[C@H](Nc2nccc(N3CCc4ccccc43)n2)CC1. The number of nitrogens with one attached hydrogen (secondary N) is 1. The van der Waals surface area contributed by atoms with Crippen LogP contribution >= 0.6 is 0 Å². The molecule has 1 aromatic heterocycles. The number of hydrogen-bond donors (Lipinski definition) is 2. The van der Waals surface area contributed by atoms with Crippen molar-refractivity contribution in [2.45, 2.75) is 44.2 Å². The number of aromatic nitrogens is 2. The summed E-state index contributed by atoms with van der Waals surface area (Å²) in [6, 6.07) is 10.8. The molecule has 2 aromatic rings. The van der Waals surface area contributed by atoms with Gasteiger partial charge in [-0.05, 0) is 49.8 Å². The molecule has 0 unspecified atom stereocenters. The minimum absolute atomic E-state index is 0.138. The van der Waals surface area contributed by atoms with Crippen molar-refractivity contribution >= 4 is 17.5 Å². The fraction of sp³-hybridized carbons (Fsp3) is 0.444. The molecule has 4 rings (SSSR count). The second-order valence-corrected chi connectivity index (χ2v) is 6.42. The van der Waals surface area contributed by atoms with Crippen LogP contribution in [0.1, 0.15) is 31.2 Å². The first-order chi connectivity index (χ1) is 11.3. The molecule has 0 saturated heterocycles. The fourth-order valence-corrected chi connectivity index (χ4v) is 3.55. The van der Waals surface area contributed by atoms with Gasteiger partial charge < -0.3 is 15.3 Å². The van der Waals surface area contributed by atoms with Crippen molar-refractivity contribution in [3.63, 3.8) is 0 Å². The zero-order valence-corrected chi connectivity index (χ0v) is 13.2. The molecule has 23 heavy (non-hydrogen) atoms. The molecule has 0 bridgehead atoms. The molecule has 0 spiro atoms. The Balaban J connectivity index is 1.51. The monoisotopic (exact) mass is 310 g/mol. The van der Waals surface area contributed by atoms with Crippen molar-refractivity contribution in [3.8, 4) is 0 Å². The van der Waals surface area contributed by atoms with Crippen LogP contribution in [0.15, 0.2) is 36.5 Å². The van der Waals surface area contributed by atoms with E-state index in [4.69, 9.17) is 4.98 Å². The lowest BCUT2D eigenvalue weighted by atomic mass is 9.93. The second-order valence-electron chi connectivity index (χ2n) is 6.42. The first kappa shape index (κ1) is 14.5. The molecule has 120 valence electrons. The highest BCUT2D eigenvalue weighted by Gasteiger charge is 2.22. The standard InChI is InChI=1S/C18H22N4O/c23-15-7-5-14(6-8-15)20-18-19-11-9-17(21-18)22-12-10-13-3-1-2-4-16(13)22/h1-4,9,11,14-15,23H,5-8,10,12H2,(H,19,20,21)/t14-,15-. The minimum atomic E-state index is -0.138. The maximum absolute atomic E-state index is 9.61. The fourth-order valence-electron chi connectivity index (χ4n) is 3.55. The van der Waals surface area contributed by atoms with Gasteiger partial charge in [0, 0.05) is 24.5 Å². The van der Waals surface area contributed by atoms with Crippen LogP contribution in [0, 0.1) is 0 Å². The number of para-hydroxylation sites is 1. The molecule has 1 aliphatic heterocycles. The molecule has 2 aliphatic rings. The van der Waals surface area contributed by atoms with Crippen LogP contribution in [0.25, 0.3) is 0 Å². The molecule has 0 radical (unpaired) electrons. The summed E-state index contributed by atoms with van der Waals surface area (Å²) in [6.45, 7) is 0.964. The van der Waals surface area contributed by atoms with Gasteiger partial charge in [0.15, 0.2) is 0 Å². The van der Waals surface area contributed by atoms with Crippen LogP contribution in [0.4, 0.5) is 17.5 Å². The minimum Gasteiger partial charge on any atom is -0.393 e. The normalized spacial score (nSPS) is 23.6. The zero-order valence-electron chi connectivity index (χ0n) is 13.2. The van der Waals surface area contributed by atoms with Crippen LogP contribution in [-0.4, -0.2) is 33.8 Å². The lowest BCUT2D eigenvalue weighted by Gasteiger charge is -2.26. The number of aliphatic hydroxyl groups excluding tert-OH is 1. The predicted molar refractivity (Wildman–Crippen MR) is 91.1 cm³/mol. The van der Waals surface area contributed by atoms with E-state index in [9.17, 15) is 5.11 Å². The average Bonchev–Trinajstić information content (AvgIpc) is 3.01. The molecular weight excluding hydrogens is 288 g/mol. The Morgan fingerprint density at radius 2 is 1.91 bits per heavy atom. The Bertz CT molecular complexity index is 682. The molecular formula is C18H22N4O. The first-order valence-corrected chi connectivity index (χ1v) is 8.43.